The van der Waals surface area contributed by atoms with Crippen LogP contribution < -0.4 is 14.4 Å². The molecule has 2 aromatic rings. The van der Waals surface area contributed by atoms with Crippen molar-refractivity contribution in [2.75, 3.05) is 44.3 Å². The summed E-state index contributed by atoms with van der Waals surface area (Å²) in [4.78, 5) is 29.4. The number of anilines is 1. The zero-order valence-corrected chi connectivity index (χ0v) is 25.1. The number of benzene rings is 2. The quantitative estimate of drug-likeness (QED) is 0.436. The molecular weight excluding hydrogens is 578 g/mol. The van der Waals surface area contributed by atoms with Crippen molar-refractivity contribution in [2.45, 2.75) is 55.3 Å². The van der Waals surface area contributed by atoms with Crippen LogP contribution in [0.5, 0.6) is 5.75 Å². The number of aryl methyl sites for hydroxylation is 1. The van der Waals surface area contributed by atoms with Gasteiger partial charge in [0.2, 0.25) is 0 Å². The molecule has 1 saturated heterocycles. The first-order chi connectivity index (χ1) is 20.2. The SMILES string of the molecule is O=C1C[C@@H]2CCN(C2)C(=O)NS(=O)(=O)c2ccc3c(c2)N(C[C@@H]2CC[C@H]2CO1)C[C@@]1(CCCc2cc(Cl)ccc21)CO3. The molecule has 7 rings (SSSR count). The number of hydrogen-bond donors (Lipinski definition) is 1. The van der Waals surface area contributed by atoms with Crippen LogP contribution in [-0.2, 0) is 31.4 Å². The summed E-state index contributed by atoms with van der Waals surface area (Å²) in [5.74, 6) is 0.881. The van der Waals surface area contributed by atoms with Gasteiger partial charge in [-0.2, -0.15) is 0 Å². The lowest BCUT2D eigenvalue weighted by atomic mass is 9.69. The Hall–Kier alpha value is -2.98. The maximum atomic E-state index is 13.5. The number of esters is 1. The average Bonchev–Trinajstić information content (AvgIpc) is 3.35. The first-order valence-electron chi connectivity index (χ1n) is 15.0. The number of halogens is 1. The highest BCUT2D eigenvalue weighted by Gasteiger charge is 2.44. The highest BCUT2D eigenvalue weighted by molar-refractivity contribution is 7.90. The van der Waals surface area contributed by atoms with Crippen LogP contribution in [0.2, 0.25) is 5.02 Å². The number of cyclic esters (lactones) is 1. The van der Waals surface area contributed by atoms with Crippen molar-refractivity contribution in [1.29, 1.82) is 0 Å². The van der Waals surface area contributed by atoms with Crippen molar-refractivity contribution in [1.82, 2.24) is 9.62 Å². The first-order valence-corrected chi connectivity index (χ1v) is 16.8. The molecule has 1 spiro atoms. The molecule has 3 heterocycles. The van der Waals surface area contributed by atoms with E-state index in [1.54, 1.807) is 12.1 Å². The third kappa shape index (κ3) is 5.10. The number of fused-ring (bicyclic) bond motifs is 6. The number of amides is 2. The molecule has 0 radical (unpaired) electrons. The van der Waals surface area contributed by atoms with E-state index in [9.17, 15) is 18.0 Å². The summed E-state index contributed by atoms with van der Waals surface area (Å²) in [7, 11) is -4.14. The summed E-state index contributed by atoms with van der Waals surface area (Å²) in [6.45, 7) is 2.92. The molecule has 11 heteroatoms. The molecular formula is C31H36ClN3O6S. The molecule has 42 heavy (non-hydrogen) atoms. The second-order valence-electron chi connectivity index (χ2n) is 12.7. The van der Waals surface area contributed by atoms with E-state index in [0.29, 0.717) is 63.2 Å². The second-order valence-corrected chi connectivity index (χ2v) is 14.8. The molecule has 0 unspecified atom stereocenters. The Balaban J connectivity index is 1.28. The zero-order chi connectivity index (χ0) is 29.1. The Morgan fingerprint density at radius 1 is 0.976 bits per heavy atom. The maximum Gasteiger partial charge on any atom is 0.331 e. The van der Waals surface area contributed by atoms with Gasteiger partial charge in [-0.25, -0.2) is 17.9 Å². The van der Waals surface area contributed by atoms with E-state index in [-0.39, 0.29) is 34.5 Å². The average molecular weight is 614 g/mol. The van der Waals surface area contributed by atoms with Crippen LogP contribution in [0, 0.1) is 17.8 Å². The largest absolute Gasteiger partial charge is 0.490 e. The lowest BCUT2D eigenvalue weighted by Crippen LogP contribution is -2.48. The van der Waals surface area contributed by atoms with E-state index in [1.807, 2.05) is 6.07 Å². The number of urea groups is 1. The van der Waals surface area contributed by atoms with Crippen molar-refractivity contribution in [3.05, 3.63) is 52.5 Å². The number of carbonyl (C=O) groups is 2. The molecule has 224 valence electrons. The van der Waals surface area contributed by atoms with Crippen LogP contribution in [0.3, 0.4) is 0 Å². The Morgan fingerprint density at radius 3 is 2.67 bits per heavy atom. The summed E-state index contributed by atoms with van der Waals surface area (Å²) in [6, 6.07) is 10.3. The Kier molecular flexibility index (Phi) is 7.04. The topological polar surface area (TPSA) is 105 Å². The number of nitrogens with one attached hydrogen (secondary N) is 1. The number of nitrogens with zero attached hydrogens (tertiary/aromatic N) is 2. The molecule has 3 aliphatic heterocycles. The third-order valence-corrected chi connectivity index (χ3v) is 11.6. The monoisotopic (exact) mass is 613 g/mol. The van der Waals surface area contributed by atoms with Crippen molar-refractivity contribution in [2.24, 2.45) is 17.8 Å². The normalized spacial score (nSPS) is 30.5. The van der Waals surface area contributed by atoms with Gasteiger partial charge in [0.05, 0.1) is 30.2 Å². The van der Waals surface area contributed by atoms with E-state index in [2.05, 4.69) is 21.8 Å². The molecule has 2 amide bonds. The minimum Gasteiger partial charge on any atom is -0.490 e. The van der Waals surface area contributed by atoms with Gasteiger partial charge in [-0.1, -0.05) is 17.7 Å². The van der Waals surface area contributed by atoms with Crippen LogP contribution in [0.4, 0.5) is 10.5 Å². The van der Waals surface area contributed by atoms with Gasteiger partial charge in [0, 0.05) is 36.6 Å². The number of ether oxygens (including phenoxy) is 2. The van der Waals surface area contributed by atoms with Crippen LogP contribution in [0.25, 0.3) is 0 Å². The molecule has 0 aromatic heterocycles. The Bertz CT molecular complexity index is 1530. The lowest BCUT2D eigenvalue weighted by Gasteiger charge is -2.44. The van der Waals surface area contributed by atoms with Gasteiger partial charge in [-0.05, 0) is 97.7 Å². The van der Waals surface area contributed by atoms with Crippen molar-refractivity contribution >= 4 is 39.3 Å². The third-order valence-electron chi connectivity index (χ3n) is 10.1. The fourth-order valence-corrected chi connectivity index (χ4v) is 8.74. The van der Waals surface area contributed by atoms with Gasteiger partial charge in [-0.3, -0.25) is 4.79 Å². The van der Waals surface area contributed by atoms with Crippen LogP contribution >= 0.6 is 11.6 Å². The molecule has 9 nitrogen and oxygen atoms in total. The highest BCUT2D eigenvalue weighted by Crippen LogP contribution is 2.46. The first kappa shape index (κ1) is 27.8. The molecule has 1 saturated carbocycles. The molecule has 4 atom stereocenters. The second kappa shape index (κ2) is 10.6. The van der Waals surface area contributed by atoms with Gasteiger partial charge < -0.3 is 19.3 Å². The summed E-state index contributed by atoms with van der Waals surface area (Å²) < 4.78 is 41.5. The van der Waals surface area contributed by atoms with E-state index < -0.39 is 16.1 Å². The summed E-state index contributed by atoms with van der Waals surface area (Å²) in [6.07, 6.45) is 5.78. The molecule has 1 N–H and O–H groups in total. The van der Waals surface area contributed by atoms with Gasteiger partial charge in [-0.15, -0.1) is 0 Å². The number of rotatable bonds is 0. The maximum absolute atomic E-state index is 13.5. The number of sulfonamides is 1. The molecule has 2 fully saturated rings. The van der Waals surface area contributed by atoms with Crippen molar-refractivity contribution < 1.29 is 27.5 Å². The fourth-order valence-electron chi connectivity index (χ4n) is 7.56. The van der Waals surface area contributed by atoms with Crippen LogP contribution in [-0.4, -0.2) is 64.7 Å². The Labute approximate surface area is 251 Å². The van der Waals surface area contributed by atoms with E-state index >= 15 is 0 Å². The predicted octanol–water partition coefficient (Wildman–Crippen LogP) is 4.51. The van der Waals surface area contributed by atoms with Gasteiger partial charge in [0.25, 0.3) is 10.0 Å². The molecule has 4 bridgehead atoms. The number of hydrogen-bond acceptors (Lipinski definition) is 7. The van der Waals surface area contributed by atoms with Gasteiger partial charge in [0.1, 0.15) is 5.75 Å². The smallest absolute Gasteiger partial charge is 0.331 e. The van der Waals surface area contributed by atoms with Gasteiger partial charge in [0.15, 0.2) is 0 Å². The predicted molar refractivity (Wildman–Crippen MR) is 157 cm³/mol. The molecule has 5 aliphatic rings. The highest BCUT2D eigenvalue weighted by atomic mass is 35.5. The number of carbonyl (C=O) groups excluding carboxylic acids is 2. The zero-order valence-electron chi connectivity index (χ0n) is 23.5. The summed E-state index contributed by atoms with van der Waals surface area (Å²) in [5.41, 5.74) is 2.88. The minimum absolute atomic E-state index is 0.0266. The lowest BCUT2D eigenvalue weighted by molar-refractivity contribution is -0.147. The van der Waals surface area contributed by atoms with Gasteiger partial charge >= 0.3 is 12.0 Å². The Morgan fingerprint density at radius 2 is 1.83 bits per heavy atom. The molecule has 2 aliphatic carbocycles. The van der Waals surface area contributed by atoms with Crippen molar-refractivity contribution in [3.63, 3.8) is 0 Å². The fraction of sp³-hybridized carbons (Fsp3) is 0.548. The van der Waals surface area contributed by atoms with Crippen LogP contribution in [0.1, 0.15) is 49.7 Å². The summed E-state index contributed by atoms with van der Waals surface area (Å²) in [5, 5.41) is 0.720. The summed E-state index contributed by atoms with van der Waals surface area (Å²) >= 11 is 6.38. The van der Waals surface area contributed by atoms with E-state index in [4.69, 9.17) is 21.1 Å². The van der Waals surface area contributed by atoms with Crippen molar-refractivity contribution in [3.8, 4) is 5.75 Å². The van der Waals surface area contributed by atoms with E-state index in [0.717, 1.165) is 37.1 Å². The molecule has 2 aromatic carbocycles. The van der Waals surface area contributed by atoms with E-state index in [1.165, 1.54) is 22.1 Å². The van der Waals surface area contributed by atoms with Crippen LogP contribution in [0.15, 0.2) is 41.3 Å². The minimum atomic E-state index is -4.14. The standard InChI is InChI=1S/C31H36ClN3O6S/c32-24-5-7-26-21(13-24)2-1-10-31(26)18-35-16-22-3-4-23(22)17-40-29(36)12-20-9-11-34(15-20)30(37)33-42(38,39)25-6-8-28(41-19-31)27(35)14-25/h5-8,13-14,20,22-23H,1-4,9-12,15-19H2,(H,33,37)/t20-,22-,23-,31-/m0/s1.